The molecule has 1 aliphatic heterocycles. The van der Waals surface area contributed by atoms with Crippen LogP contribution in [0.5, 0.6) is 0 Å². The monoisotopic (exact) mass is 282 g/mol. The van der Waals surface area contributed by atoms with E-state index in [1.54, 1.807) is 7.11 Å². The highest BCUT2D eigenvalue weighted by atomic mass is 16.6. The Kier molecular flexibility index (Phi) is 3.29. The zero-order valence-electron chi connectivity index (χ0n) is 12.8. The second-order valence-electron chi connectivity index (χ2n) is 7.70. The van der Waals surface area contributed by atoms with Gasteiger partial charge in [-0.3, -0.25) is 0 Å². The Morgan fingerprint density at radius 2 is 1.85 bits per heavy atom. The fourth-order valence-corrected chi connectivity index (χ4v) is 4.60. The first kappa shape index (κ1) is 14.5. The third-order valence-corrected chi connectivity index (χ3v) is 5.74. The van der Waals surface area contributed by atoms with Crippen molar-refractivity contribution < 1.29 is 19.7 Å². The van der Waals surface area contributed by atoms with Gasteiger partial charge in [-0.05, 0) is 48.2 Å². The minimum Gasteiger partial charge on any atom is -0.388 e. The van der Waals surface area contributed by atoms with Crippen molar-refractivity contribution >= 4 is 0 Å². The Hall–Kier alpha value is -0.420. The normalized spacial score (nSPS) is 47.1. The average molecular weight is 282 g/mol. The van der Waals surface area contributed by atoms with Gasteiger partial charge in [-0.2, -0.15) is 0 Å². The van der Waals surface area contributed by atoms with Gasteiger partial charge < -0.3 is 19.7 Å². The Balaban J connectivity index is 2.03. The van der Waals surface area contributed by atoms with Crippen molar-refractivity contribution in [3.63, 3.8) is 0 Å². The number of fused-ring (bicyclic) bond motifs is 1. The topological polar surface area (TPSA) is 58.9 Å². The maximum Gasteiger partial charge on any atom is 0.178 e. The average Bonchev–Trinajstić information content (AvgIpc) is 2.88. The molecule has 4 nitrogen and oxygen atoms in total. The summed E-state index contributed by atoms with van der Waals surface area (Å²) in [6, 6.07) is 0. The summed E-state index contributed by atoms with van der Waals surface area (Å²) in [5.74, 6) is 0.506. The van der Waals surface area contributed by atoms with Crippen molar-refractivity contribution in [1.29, 1.82) is 0 Å². The van der Waals surface area contributed by atoms with Crippen molar-refractivity contribution in [3.05, 3.63) is 11.1 Å². The van der Waals surface area contributed by atoms with E-state index in [0.717, 1.165) is 24.0 Å². The number of rotatable bonds is 1. The quantitative estimate of drug-likeness (QED) is 0.721. The number of aliphatic hydroxyl groups is 2. The van der Waals surface area contributed by atoms with Crippen LogP contribution >= 0.6 is 0 Å². The van der Waals surface area contributed by atoms with E-state index in [1.807, 2.05) is 0 Å². The predicted octanol–water partition coefficient (Wildman–Crippen LogP) is 1.85. The predicted molar refractivity (Wildman–Crippen MR) is 75.0 cm³/mol. The molecule has 0 bridgehead atoms. The van der Waals surface area contributed by atoms with E-state index < -0.39 is 12.4 Å². The minimum atomic E-state index is -0.874. The molecule has 0 amide bonds. The maximum atomic E-state index is 10.8. The van der Waals surface area contributed by atoms with Crippen LogP contribution in [0.25, 0.3) is 0 Å². The molecular formula is C16H26O4. The van der Waals surface area contributed by atoms with E-state index in [2.05, 4.69) is 20.8 Å². The molecule has 1 heterocycles. The summed E-state index contributed by atoms with van der Waals surface area (Å²) in [5.41, 5.74) is 1.62. The summed E-state index contributed by atoms with van der Waals surface area (Å²) in [7, 11) is 1.74. The van der Waals surface area contributed by atoms with Crippen molar-refractivity contribution in [2.75, 3.05) is 13.7 Å². The molecule has 0 spiro atoms. The van der Waals surface area contributed by atoms with Crippen LogP contribution in [-0.4, -0.2) is 41.9 Å². The van der Waals surface area contributed by atoms with Crippen LogP contribution in [0.1, 0.15) is 40.0 Å². The number of hydrogen-bond acceptors (Lipinski definition) is 4. The molecule has 0 aromatic carbocycles. The molecule has 2 aliphatic carbocycles. The lowest BCUT2D eigenvalue weighted by atomic mass is 9.77. The van der Waals surface area contributed by atoms with Gasteiger partial charge in [-0.25, -0.2) is 0 Å². The van der Waals surface area contributed by atoms with E-state index in [-0.39, 0.29) is 16.9 Å². The first-order chi connectivity index (χ1) is 9.27. The van der Waals surface area contributed by atoms with Gasteiger partial charge in [-0.15, -0.1) is 0 Å². The highest BCUT2D eigenvalue weighted by Crippen LogP contribution is 2.56. The van der Waals surface area contributed by atoms with Crippen LogP contribution in [0, 0.1) is 17.3 Å². The molecule has 3 rings (SSSR count). The standard InChI is InChI=1S/C16H26O4/c1-15(2)5-10-12(7-15)16(3,19-4)6-9-11(13(10)17)8-20-14(9)18/h10,12-14,17-18H,5-8H2,1-4H3/t10-,12+,13+,14+,16+/m1/s1. The van der Waals surface area contributed by atoms with Gasteiger partial charge in [0.05, 0.1) is 18.3 Å². The van der Waals surface area contributed by atoms with Crippen LogP contribution < -0.4 is 0 Å². The van der Waals surface area contributed by atoms with Crippen LogP contribution in [0.15, 0.2) is 11.1 Å². The number of methoxy groups -OCH3 is 1. The molecule has 114 valence electrons. The van der Waals surface area contributed by atoms with Crippen LogP contribution in [0.4, 0.5) is 0 Å². The van der Waals surface area contributed by atoms with E-state index in [1.165, 1.54) is 0 Å². The summed E-state index contributed by atoms with van der Waals surface area (Å²) in [6.45, 7) is 6.99. The lowest BCUT2D eigenvalue weighted by Gasteiger charge is -2.38. The fraction of sp³-hybridized carbons (Fsp3) is 0.875. The molecule has 0 aromatic rings. The van der Waals surface area contributed by atoms with E-state index in [9.17, 15) is 10.2 Å². The molecular weight excluding hydrogens is 256 g/mol. The molecule has 0 aromatic heterocycles. The van der Waals surface area contributed by atoms with E-state index in [0.29, 0.717) is 18.9 Å². The van der Waals surface area contributed by atoms with Crippen molar-refractivity contribution in [2.45, 2.75) is 58.0 Å². The van der Waals surface area contributed by atoms with E-state index >= 15 is 0 Å². The highest BCUT2D eigenvalue weighted by Gasteiger charge is 2.55. The van der Waals surface area contributed by atoms with Crippen LogP contribution in [0.3, 0.4) is 0 Å². The molecule has 0 saturated heterocycles. The second-order valence-corrected chi connectivity index (χ2v) is 7.70. The van der Waals surface area contributed by atoms with Crippen molar-refractivity contribution in [2.24, 2.45) is 17.3 Å². The molecule has 1 saturated carbocycles. The number of hydrogen-bond donors (Lipinski definition) is 2. The highest BCUT2D eigenvalue weighted by molar-refractivity contribution is 5.31. The molecule has 0 unspecified atom stereocenters. The first-order valence-electron chi connectivity index (χ1n) is 7.52. The van der Waals surface area contributed by atoms with Crippen molar-refractivity contribution in [1.82, 2.24) is 0 Å². The summed E-state index contributed by atoms with van der Waals surface area (Å²) in [5, 5.41) is 20.8. The second kappa shape index (κ2) is 4.54. The van der Waals surface area contributed by atoms with Gasteiger partial charge in [0.25, 0.3) is 0 Å². The largest absolute Gasteiger partial charge is 0.388 e. The lowest BCUT2D eigenvalue weighted by molar-refractivity contribution is -0.0894. The number of ether oxygens (including phenoxy) is 2. The first-order valence-corrected chi connectivity index (χ1v) is 7.52. The van der Waals surface area contributed by atoms with Crippen LogP contribution in [-0.2, 0) is 9.47 Å². The molecule has 5 atom stereocenters. The van der Waals surface area contributed by atoms with Gasteiger partial charge in [0.2, 0.25) is 0 Å². The zero-order chi connectivity index (χ0) is 14.7. The summed E-state index contributed by atoms with van der Waals surface area (Å²) in [6.07, 6.45) is 1.31. The molecule has 4 heteroatoms. The molecule has 20 heavy (non-hydrogen) atoms. The Morgan fingerprint density at radius 3 is 2.50 bits per heavy atom. The maximum absolute atomic E-state index is 10.8. The lowest BCUT2D eigenvalue weighted by Crippen LogP contribution is -2.41. The minimum absolute atomic E-state index is 0.191. The SMILES string of the molecule is CO[C@@]1(C)CC2=C(CO[C@@H]2O)[C@@H](O)[C@@H]2CC(C)(C)C[C@@H]21. The third kappa shape index (κ3) is 2.05. The van der Waals surface area contributed by atoms with Gasteiger partial charge in [0, 0.05) is 13.5 Å². The Morgan fingerprint density at radius 1 is 1.15 bits per heavy atom. The summed E-state index contributed by atoms with van der Waals surface area (Å²) >= 11 is 0. The Bertz CT molecular complexity index is 442. The van der Waals surface area contributed by atoms with E-state index in [4.69, 9.17) is 9.47 Å². The molecule has 1 fully saturated rings. The smallest absolute Gasteiger partial charge is 0.178 e. The van der Waals surface area contributed by atoms with Crippen LogP contribution in [0.2, 0.25) is 0 Å². The third-order valence-electron chi connectivity index (χ3n) is 5.74. The van der Waals surface area contributed by atoms with Gasteiger partial charge >= 0.3 is 0 Å². The molecule has 2 N–H and O–H groups in total. The van der Waals surface area contributed by atoms with Gasteiger partial charge in [0.15, 0.2) is 6.29 Å². The number of aliphatic hydroxyl groups excluding tert-OH is 2. The summed E-state index contributed by atoms with van der Waals surface area (Å²) < 4.78 is 11.2. The van der Waals surface area contributed by atoms with Gasteiger partial charge in [0.1, 0.15) is 0 Å². The molecule has 0 radical (unpaired) electrons. The Labute approximate surface area is 120 Å². The summed E-state index contributed by atoms with van der Waals surface area (Å²) in [4.78, 5) is 0. The van der Waals surface area contributed by atoms with Gasteiger partial charge in [-0.1, -0.05) is 13.8 Å². The zero-order valence-corrected chi connectivity index (χ0v) is 12.8. The molecule has 3 aliphatic rings. The fourth-order valence-electron chi connectivity index (χ4n) is 4.60. The van der Waals surface area contributed by atoms with Crippen molar-refractivity contribution in [3.8, 4) is 0 Å².